The first-order valence-corrected chi connectivity index (χ1v) is 6.45. The van der Waals surface area contributed by atoms with E-state index in [4.69, 9.17) is 4.74 Å². The second-order valence-electron chi connectivity index (χ2n) is 3.80. The lowest BCUT2D eigenvalue weighted by Gasteiger charge is -2.02. The van der Waals surface area contributed by atoms with Crippen molar-refractivity contribution in [2.45, 2.75) is 0 Å². The first-order valence-electron chi connectivity index (χ1n) is 5.65. The molecule has 0 heterocycles. The Bertz CT molecular complexity index is 651. The maximum atomic E-state index is 11.7. The van der Waals surface area contributed by atoms with Crippen LogP contribution in [0.25, 0.3) is 0 Å². The molecule has 2 aromatic rings. The highest BCUT2D eigenvalue weighted by Crippen LogP contribution is 2.17. The molecule has 2 aromatic carbocycles. The summed E-state index contributed by atoms with van der Waals surface area (Å²) < 4.78 is 5.57. The van der Waals surface area contributed by atoms with Gasteiger partial charge in [-0.05, 0) is 30.3 Å². The van der Waals surface area contributed by atoms with Crippen LogP contribution < -0.4 is 0 Å². The summed E-state index contributed by atoms with van der Waals surface area (Å²) in [6.07, 6.45) is 0. The molecule has 0 saturated heterocycles. The highest BCUT2D eigenvalue weighted by molar-refractivity contribution is 9.10. The molecule has 0 radical (unpaired) electrons. The monoisotopic (exact) mass is 314 g/mol. The normalized spacial score (nSPS) is 9.37. The molecule has 3 heteroatoms. The summed E-state index contributed by atoms with van der Waals surface area (Å²) in [6.45, 7) is 0. The molecule has 0 aliphatic heterocycles. The topological polar surface area (TPSA) is 26.3 Å². The summed E-state index contributed by atoms with van der Waals surface area (Å²) in [4.78, 5) is 11.7. The largest absolute Gasteiger partial charge is 0.465 e. The van der Waals surface area contributed by atoms with Gasteiger partial charge < -0.3 is 4.74 Å². The molecule has 0 unspecified atom stereocenters. The molecule has 0 fully saturated rings. The summed E-state index contributed by atoms with van der Waals surface area (Å²) in [5.74, 6) is 5.64. The Balaban J connectivity index is 2.41. The average molecular weight is 315 g/mol. The van der Waals surface area contributed by atoms with Crippen molar-refractivity contribution in [1.82, 2.24) is 0 Å². The van der Waals surface area contributed by atoms with Crippen LogP contribution in [0.1, 0.15) is 21.5 Å². The van der Waals surface area contributed by atoms with Gasteiger partial charge in [-0.25, -0.2) is 4.79 Å². The van der Waals surface area contributed by atoms with Gasteiger partial charge in [0, 0.05) is 15.6 Å². The molecule has 0 atom stereocenters. The van der Waals surface area contributed by atoms with E-state index < -0.39 is 5.97 Å². The van der Waals surface area contributed by atoms with Crippen molar-refractivity contribution in [1.29, 1.82) is 0 Å². The van der Waals surface area contributed by atoms with Crippen molar-refractivity contribution in [2.24, 2.45) is 0 Å². The molecular formula is C16H11BrO2. The van der Waals surface area contributed by atoms with E-state index in [9.17, 15) is 4.79 Å². The van der Waals surface area contributed by atoms with E-state index in [-0.39, 0.29) is 0 Å². The molecule has 19 heavy (non-hydrogen) atoms. The van der Waals surface area contributed by atoms with Gasteiger partial charge >= 0.3 is 5.97 Å². The van der Waals surface area contributed by atoms with Crippen molar-refractivity contribution in [3.05, 3.63) is 69.7 Å². The zero-order chi connectivity index (χ0) is 13.7. The standard InChI is InChI=1S/C16H11BrO2/c1-19-16(18)15-11-14(17)10-9-13(15)8-7-12-5-3-2-4-6-12/h2-6,9-11H,1H3. The van der Waals surface area contributed by atoms with Gasteiger partial charge in [0.15, 0.2) is 0 Å². The molecule has 0 aromatic heterocycles. The zero-order valence-corrected chi connectivity index (χ0v) is 11.9. The smallest absolute Gasteiger partial charge is 0.339 e. The van der Waals surface area contributed by atoms with E-state index >= 15 is 0 Å². The SMILES string of the molecule is COC(=O)c1cc(Br)ccc1C#Cc1ccccc1. The van der Waals surface area contributed by atoms with Gasteiger partial charge in [0.2, 0.25) is 0 Å². The minimum Gasteiger partial charge on any atom is -0.465 e. The van der Waals surface area contributed by atoms with Gasteiger partial charge in [0.1, 0.15) is 0 Å². The summed E-state index contributed by atoms with van der Waals surface area (Å²) in [5, 5.41) is 0. The lowest BCUT2D eigenvalue weighted by Crippen LogP contribution is -2.04. The molecule has 0 aliphatic rings. The highest BCUT2D eigenvalue weighted by atomic mass is 79.9. The van der Waals surface area contributed by atoms with Crippen LogP contribution in [0.3, 0.4) is 0 Å². The summed E-state index contributed by atoms with van der Waals surface area (Å²) in [7, 11) is 1.36. The number of methoxy groups -OCH3 is 1. The van der Waals surface area contributed by atoms with Crippen LogP contribution in [0.4, 0.5) is 0 Å². The fraction of sp³-hybridized carbons (Fsp3) is 0.0625. The number of benzene rings is 2. The Morgan fingerprint density at radius 2 is 1.84 bits per heavy atom. The van der Waals surface area contributed by atoms with Crippen LogP contribution in [-0.2, 0) is 4.74 Å². The summed E-state index contributed by atoms with van der Waals surface area (Å²) >= 11 is 3.33. The van der Waals surface area contributed by atoms with Crippen LogP contribution in [0.15, 0.2) is 53.0 Å². The number of carbonyl (C=O) groups excluding carboxylic acids is 1. The maximum absolute atomic E-state index is 11.7. The van der Waals surface area contributed by atoms with E-state index in [2.05, 4.69) is 27.8 Å². The highest BCUT2D eigenvalue weighted by Gasteiger charge is 2.10. The number of rotatable bonds is 1. The quantitative estimate of drug-likeness (QED) is 0.593. The Morgan fingerprint density at radius 1 is 1.11 bits per heavy atom. The second kappa shape index (κ2) is 6.21. The van der Waals surface area contributed by atoms with E-state index in [1.165, 1.54) is 7.11 Å². The fourth-order valence-electron chi connectivity index (χ4n) is 1.57. The number of halogens is 1. The number of ether oxygens (including phenoxy) is 1. The molecule has 0 bridgehead atoms. The number of hydrogen-bond donors (Lipinski definition) is 0. The fourth-order valence-corrected chi connectivity index (χ4v) is 1.93. The van der Waals surface area contributed by atoms with Crippen LogP contribution in [0.5, 0.6) is 0 Å². The van der Waals surface area contributed by atoms with E-state index in [1.54, 1.807) is 12.1 Å². The Morgan fingerprint density at radius 3 is 2.53 bits per heavy atom. The van der Waals surface area contributed by atoms with Gasteiger partial charge in [-0.3, -0.25) is 0 Å². The van der Waals surface area contributed by atoms with E-state index in [1.807, 2.05) is 36.4 Å². The molecule has 94 valence electrons. The second-order valence-corrected chi connectivity index (χ2v) is 4.71. The van der Waals surface area contributed by atoms with Crippen molar-refractivity contribution >= 4 is 21.9 Å². The summed E-state index contributed by atoms with van der Waals surface area (Å²) in [6, 6.07) is 15.0. The Labute approximate surface area is 120 Å². The maximum Gasteiger partial charge on any atom is 0.339 e. The third kappa shape index (κ3) is 3.46. The minimum atomic E-state index is -0.390. The molecule has 0 N–H and O–H groups in total. The van der Waals surface area contributed by atoms with Gasteiger partial charge in [0.05, 0.1) is 12.7 Å². The zero-order valence-electron chi connectivity index (χ0n) is 10.3. The van der Waals surface area contributed by atoms with Crippen molar-refractivity contribution in [3.8, 4) is 11.8 Å². The molecule has 0 saturated carbocycles. The summed E-state index contributed by atoms with van der Waals surface area (Å²) in [5.41, 5.74) is 2.01. The van der Waals surface area contributed by atoms with Gasteiger partial charge in [-0.15, -0.1) is 0 Å². The lowest BCUT2D eigenvalue weighted by molar-refractivity contribution is 0.0600. The molecular weight excluding hydrogens is 304 g/mol. The predicted octanol–water partition coefficient (Wildman–Crippen LogP) is 3.64. The Kier molecular flexibility index (Phi) is 4.38. The van der Waals surface area contributed by atoms with Gasteiger partial charge in [-0.1, -0.05) is 46.0 Å². The first-order chi connectivity index (χ1) is 9.20. The van der Waals surface area contributed by atoms with Crippen LogP contribution >= 0.6 is 15.9 Å². The van der Waals surface area contributed by atoms with Crippen LogP contribution in [0, 0.1) is 11.8 Å². The number of esters is 1. The molecule has 0 aliphatic carbocycles. The van der Waals surface area contributed by atoms with Gasteiger partial charge in [0.25, 0.3) is 0 Å². The van der Waals surface area contributed by atoms with E-state index in [0.29, 0.717) is 11.1 Å². The average Bonchev–Trinajstić information content (AvgIpc) is 2.46. The molecule has 0 spiro atoms. The minimum absolute atomic E-state index is 0.390. The molecule has 0 amide bonds. The van der Waals surface area contributed by atoms with Crippen molar-refractivity contribution in [2.75, 3.05) is 7.11 Å². The third-order valence-electron chi connectivity index (χ3n) is 2.50. The molecule has 2 rings (SSSR count). The third-order valence-corrected chi connectivity index (χ3v) is 3.00. The van der Waals surface area contributed by atoms with Crippen LogP contribution in [0.2, 0.25) is 0 Å². The van der Waals surface area contributed by atoms with Gasteiger partial charge in [-0.2, -0.15) is 0 Å². The lowest BCUT2D eigenvalue weighted by atomic mass is 10.1. The number of carbonyl (C=O) groups is 1. The molecule has 2 nitrogen and oxygen atoms in total. The Hall–Kier alpha value is -2.05. The van der Waals surface area contributed by atoms with E-state index in [0.717, 1.165) is 10.0 Å². The van der Waals surface area contributed by atoms with Crippen LogP contribution in [-0.4, -0.2) is 13.1 Å². The predicted molar refractivity (Wildman–Crippen MR) is 77.9 cm³/mol. The number of hydrogen-bond acceptors (Lipinski definition) is 2. The van der Waals surface area contributed by atoms with Crippen molar-refractivity contribution in [3.63, 3.8) is 0 Å². The first kappa shape index (κ1) is 13.4. The van der Waals surface area contributed by atoms with Crippen molar-refractivity contribution < 1.29 is 9.53 Å².